The van der Waals surface area contributed by atoms with Gasteiger partial charge in [0.05, 0.1) is 17.6 Å². The zero-order chi connectivity index (χ0) is 22.5. The summed E-state index contributed by atoms with van der Waals surface area (Å²) in [6, 6.07) is 5.84. The second-order valence-electron chi connectivity index (χ2n) is 9.41. The number of imidazole rings is 1. The summed E-state index contributed by atoms with van der Waals surface area (Å²) in [6.45, 7) is 2.23. The van der Waals surface area contributed by atoms with Crippen molar-refractivity contribution in [2.75, 3.05) is 26.2 Å². The monoisotopic (exact) mass is 447 g/mol. The number of likely N-dealkylation sites (tertiary alicyclic amines) is 2. The van der Waals surface area contributed by atoms with Crippen LogP contribution in [0.15, 0.2) is 36.8 Å². The van der Waals surface area contributed by atoms with Gasteiger partial charge in [-0.05, 0) is 43.4 Å². The summed E-state index contributed by atoms with van der Waals surface area (Å²) in [5.74, 6) is -0.0152. The topological polar surface area (TPSA) is 67.4 Å². The summed E-state index contributed by atoms with van der Waals surface area (Å²) in [7, 11) is 0. The van der Waals surface area contributed by atoms with Crippen molar-refractivity contribution in [2.24, 2.45) is 5.73 Å². The third kappa shape index (κ3) is 4.35. The van der Waals surface area contributed by atoms with Gasteiger partial charge in [0, 0.05) is 56.3 Å². The minimum Gasteiger partial charge on any atom is -0.334 e. The highest BCUT2D eigenvalue weighted by Crippen LogP contribution is 2.39. The predicted octanol–water partition coefficient (Wildman–Crippen LogP) is 3.96. The third-order valence-electron chi connectivity index (χ3n) is 6.93. The van der Waals surface area contributed by atoms with E-state index in [1.54, 1.807) is 17.0 Å². The number of aromatic nitrogens is 2. The summed E-state index contributed by atoms with van der Waals surface area (Å²) >= 11 is 0. The highest BCUT2D eigenvalue weighted by molar-refractivity contribution is 5.75. The lowest BCUT2D eigenvalue weighted by Crippen LogP contribution is -2.48. The number of piperidine rings is 1. The number of carbonyl (C=O) groups excluding carboxylic acids is 1. The molecule has 2 aliphatic heterocycles. The number of urea groups is 1. The Hall–Kier alpha value is -2.55. The van der Waals surface area contributed by atoms with E-state index in [1.807, 2.05) is 11.2 Å². The average Bonchev–Trinajstić information content (AvgIpc) is 3.34. The van der Waals surface area contributed by atoms with Crippen molar-refractivity contribution in [3.8, 4) is 0 Å². The lowest BCUT2D eigenvalue weighted by Gasteiger charge is -2.39. The van der Waals surface area contributed by atoms with Crippen LogP contribution >= 0.6 is 0 Å². The van der Waals surface area contributed by atoms with E-state index in [9.17, 15) is 18.0 Å². The van der Waals surface area contributed by atoms with Gasteiger partial charge in [-0.25, -0.2) is 9.78 Å². The van der Waals surface area contributed by atoms with Crippen molar-refractivity contribution < 1.29 is 18.0 Å². The molecule has 3 aliphatic rings. The maximum absolute atomic E-state index is 13.2. The molecule has 2 saturated heterocycles. The van der Waals surface area contributed by atoms with Crippen molar-refractivity contribution >= 4 is 6.03 Å². The molecule has 0 radical (unpaired) electrons. The lowest BCUT2D eigenvalue weighted by molar-refractivity contribution is -0.137. The number of carbonyl (C=O) groups is 1. The summed E-state index contributed by atoms with van der Waals surface area (Å²) in [5, 5.41) is 0. The van der Waals surface area contributed by atoms with E-state index < -0.39 is 11.7 Å². The van der Waals surface area contributed by atoms with Gasteiger partial charge in [0.2, 0.25) is 0 Å². The van der Waals surface area contributed by atoms with Gasteiger partial charge in [0.15, 0.2) is 0 Å². The molecule has 2 amide bonds. The second kappa shape index (κ2) is 8.10. The molecule has 2 N–H and O–H groups in total. The fourth-order valence-electron chi connectivity index (χ4n) is 4.95. The van der Waals surface area contributed by atoms with Crippen LogP contribution < -0.4 is 5.73 Å². The molecule has 32 heavy (non-hydrogen) atoms. The summed E-state index contributed by atoms with van der Waals surface area (Å²) < 4.78 is 41.2. The molecule has 3 fully saturated rings. The average molecular weight is 448 g/mol. The molecule has 3 atom stereocenters. The number of hydrogen-bond donors (Lipinski definition) is 1. The third-order valence-corrected chi connectivity index (χ3v) is 6.93. The normalized spacial score (nSPS) is 26.6. The van der Waals surface area contributed by atoms with E-state index >= 15 is 0 Å². The number of halogens is 3. The molecule has 5 rings (SSSR count). The highest BCUT2D eigenvalue weighted by Gasteiger charge is 2.37. The van der Waals surface area contributed by atoms with Crippen LogP contribution in [0.1, 0.15) is 60.4 Å². The van der Waals surface area contributed by atoms with Crippen LogP contribution in [-0.2, 0) is 6.18 Å². The molecule has 2 aromatic rings. The second-order valence-corrected chi connectivity index (χ2v) is 9.41. The molecule has 3 heterocycles. The molecule has 172 valence electrons. The van der Waals surface area contributed by atoms with E-state index in [1.165, 1.54) is 0 Å². The maximum Gasteiger partial charge on any atom is 0.416 e. The number of alkyl halides is 3. The molecular formula is C23H28F3N5O. The van der Waals surface area contributed by atoms with Crippen molar-refractivity contribution in [3.63, 3.8) is 0 Å². The molecule has 1 aromatic heterocycles. The van der Waals surface area contributed by atoms with Crippen LogP contribution in [0.25, 0.3) is 0 Å². The van der Waals surface area contributed by atoms with Gasteiger partial charge < -0.3 is 20.1 Å². The lowest BCUT2D eigenvalue weighted by atomic mass is 9.83. The molecule has 0 bridgehead atoms. The summed E-state index contributed by atoms with van der Waals surface area (Å²) in [5.41, 5.74) is 7.11. The van der Waals surface area contributed by atoms with Gasteiger partial charge in [-0.1, -0.05) is 12.1 Å². The van der Waals surface area contributed by atoms with Gasteiger partial charge in [-0.2, -0.15) is 13.2 Å². The van der Waals surface area contributed by atoms with E-state index in [2.05, 4.69) is 15.7 Å². The van der Waals surface area contributed by atoms with E-state index in [0.29, 0.717) is 32.2 Å². The number of nitrogens with two attached hydrogens (primary N) is 1. The first kappa shape index (κ1) is 21.3. The summed E-state index contributed by atoms with van der Waals surface area (Å²) in [4.78, 5) is 21.5. The van der Waals surface area contributed by atoms with Crippen LogP contribution in [0.2, 0.25) is 0 Å². The molecule has 0 spiro atoms. The number of benzene rings is 1. The first-order valence-electron chi connectivity index (χ1n) is 11.3. The Morgan fingerprint density at radius 1 is 1.00 bits per heavy atom. The first-order valence-corrected chi connectivity index (χ1v) is 11.3. The number of hydrogen-bond acceptors (Lipinski definition) is 3. The van der Waals surface area contributed by atoms with Gasteiger partial charge in [-0.3, -0.25) is 0 Å². The van der Waals surface area contributed by atoms with Crippen LogP contribution in [0, 0.1) is 0 Å². The predicted molar refractivity (Wildman–Crippen MR) is 113 cm³/mol. The van der Waals surface area contributed by atoms with Gasteiger partial charge in [0.25, 0.3) is 0 Å². The number of amides is 2. The van der Waals surface area contributed by atoms with Crippen molar-refractivity contribution in [1.29, 1.82) is 0 Å². The molecule has 1 aromatic carbocycles. The smallest absolute Gasteiger partial charge is 0.334 e. The fraction of sp³-hybridized carbons (Fsp3) is 0.565. The first-order chi connectivity index (χ1) is 15.3. The standard InChI is InChI=1S/C23H28F3N5O/c24-23(25,26)18-3-1-15(2-4-18)16-9-17(21-13-31(14-28-21)20-5-6-20)11-30(10-16)22(32)29-8-7-19(27)12-29/h1-4,13-14,16-17,19-20H,5-12,27H2. The Bertz CT molecular complexity index is 969. The minimum absolute atomic E-state index is 0.000474. The maximum atomic E-state index is 13.2. The Balaban J connectivity index is 1.39. The quantitative estimate of drug-likeness (QED) is 0.775. The van der Waals surface area contributed by atoms with Gasteiger partial charge in [-0.15, -0.1) is 0 Å². The fourth-order valence-corrected chi connectivity index (χ4v) is 4.95. The van der Waals surface area contributed by atoms with E-state index in [4.69, 9.17) is 5.73 Å². The zero-order valence-corrected chi connectivity index (χ0v) is 17.8. The highest BCUT2D eigenvalue weighted by atomic mass is 19.4. The van der Waals surface area contributed by atoms with Gasteiger partial charge >= 0.3 is 12.2 Å². The van der Waals surface area contributed by atoms with Crippen molar-refractivity contribution in [3.05, 3.63) is 53.6 Å². The Kier molecular flexibility index (Phi) is 5.39. The van der Waals surface area contributed by atoms with Gasteiger partial charge in [0.1, 0.15) is 0 Å². The molecule has 9 heteroatoms. The largest absolute Gasteiger partial charge is 0.416 e. The minimum atomic E-state index is -4.36. The number of rotatable bonds is 3. The number of nitrogens with zero attached hydrogens (tertiary/aromatic N) is 4. The van der Waals surface area contributed by atoms with Crippen LogP contribution in [0.4, 0.5) is 18.0 Å². The summed E-state index contributed by atoms with van der Waals surface area (Å²) in [6.07, 6.45) is 3.43. The molecule has 3 unspecified atom stereocenters. The molecular weight excluding hydrogens is 419 g/mol. The van der Waals surface area contributed by atoms with Crippen LogP contribution in [0.3, 0.4) is 0 Å². The van der Waals surface area contributed by atoms with Crippen LogP contribution in [0.5, 0.6) is 0 Å². The van der Waals surface area contributed by atoms with E-state index in [0.717, 1.165) is 49.1 Å². The van der Waals surface area contributed by atoms with E-state index in [-0.39, 0.29) is 23.9 Å². The molecule has 1 aliphatic carbocycles. The Morgan fingerprint density at radius 2 is 1.72 bits per heavy atom. The van der Waals surface area contributed by atoms with Crippen molar-refractivity contribution in [2.45, 2.75) is 55.8 Å². The SMILES string of the molecule is NC1CCN(C(=O)N2CC(c3ccc(C(F)(F)F)cc3)CC(c3cn(C4CC4)cn3)C2)C1. The Morgan fingerprint density at radius 3 is 2.34 bits per heavy atom. The van der Waals surface area contributed by atoms with Crippen molar-refractivity contribution in [1.82, 2.24) is 19.4 Å². The zero-order valence-electron chi connectivity index (χ0n) is 17.8. The Labute approximate surface area is 185 Å². The molecule has 1 saturated carbocycles. The molecule has 6 nitrogen and oxygen atoms in total. The van der Waals surface area contributed by atoms with Crippen LogP contribution in [-0.4, -0.2) is 57.6 Å².